The second kappa shape index (κ2) is 17.3. The molecule has 5 N–H and O–H groups in total. The van der Waals surface area contributed by atoms with Crippen molar-refractivity contribution in [3.63, 3.8) is 0 Å². The number of hydrogen-bond donors (Lipinski definition) is 5. The molecule has 7 rings (SSSR count). The number of esters is 1. The molecule has 12 heteroatoms. The number of carbonyl (C=O) groups excluding carboxylic acids is 2. The zero-order valence-corrected chi connectivity index (χ0v) is 28.6. The first-order valence-electron chi connectivity index (χ1n) is 17.7. The van der Waals surface area contributed by atoms with Crippen molar-refractivity contribution in [1.82, 2.24) is 20.5 Å². The number of phenols is 1. The monoisotopic (exact) mass is 698 g/mol. The van der Waals surface area contributed by atoms with Crippen LogP contribution >= 0.6 is 0 Å². The Morgan fingerprint density at radius 2 is 1.75 bits per heavy atom. The highest BCUT2D eigenvalue weighted by Crippen LogP contribution is 2.31. The Morgan fingerprint density at radius 3 is 2.53 bits per heavy atom. The fraction of sp³-hybridized carbons (Fsp3) is 0.410. The predicted molar refractivity (Wildman–Crippen MR) is 192 cm³/mol. The summed E-state index contributed by atoms with van der Waals surface area (Å²) in [7, 11) is 0. The minimum absolute atomic E-state index is 0.0485. The van der Waals surface area contributed by atoms with Crippen LogP contribution in [0, 0.1) is 5.92 Å². The molecular weight excluding hydrogens is 652 g/mol. The highest BCUT2D eigenvalue weighted by atomic mass is 16.6. The van der Waals surface area contributed by atoms with Crippen molar-refractivity contribution in [2.75, 3.05) is 45.9 Å². The van der Waals surface area contributed by atoms with E-state index in [0.29, 0.717) is 47.6 Å². The van der Waals surface area contributed by atoms with Crippen LogP contribution in [-0.4, -0.2) is 84.2 Å². The Bertz CT molecular complexity index is 1830. The number of H-pyrrole nitrogens is 1. The number of hydrogen-bond acceptors (Lipinski definition) is 10. The van der Waals surface area contributed by atoms with Crippen LogP contribution in [0.5, 0.6) is 11.5 Å². The van der Waals surface area contributed by atoms with Gasteiger partial charge in [0.1, 0.15) is 17.6 Å². The third kappa shape index (κ3) is 9.66. The number of aliphatic hydroxyl groups excluding tert-OH is 1. The van der Waals surface area contributed by atoms with Crippen molar-refractivity contribution in [1.29, 1.82) is 0 Å². The number of amides is 1. The number of pyridine rings is 1. The average molecular weight is 699 g/mol. The molecule has 3 unspecified atom stereocenters. The van der Waals surface area contributed by atoms with Crippen molar-refractivity contribution < 1.29 is 34.0 Å². The summed E-state index contributed by atoms with van der Waals surface area (Å²) in [6, 6.07) is 22.6. The number of benzene rings is 3. The Balaban J connectivity index is 0.903. The zero-order chi connectivity index (χ0) is 35.6. The van der Waals surface area contributed by atoms with Gasteiger partial charge in [-0.05, 0) is 98.6 Å². The second-order valence-corrected chi connectivity index (χ2v) is 13.2. The quantitative estimate of drug-likeness (QED) is 0.0829. The summed E-state index contributed by atoms with van der Waals surface area (Å²) in [5.74, 6) is 0.376. The van der Waals surface area contributed by atoms with Crippen LogP contribution in [0.25, 0.3) is 10.9 Å². The standard InChI is InChI=1S/C39H46N4O8/c44-32-14-12-30(31-13-15-35(46)41-38(31)32)33(45)23-40-18-5-2-6-21-49-36(47)25-50-29-11-7-10-28(22-29)37(27-8-3-1-4-9-27)42-39(48)51-34-24-43-19-16-26(34)17-20-43/h1,3-4,7-15,22,26,33-34,37,40,44-45H,2,5-6,16-21,23-25H2,(H,41,46)(H,42,48). The van der Waals surface area contributed by atoms with Gasteiger partial charge in [-0.25, -0.2) is 9.59 Å². The normalized spacial score (nSPS) is 19.3. The van der Waals surface area contributed by atoms with Gasteiger partial charge in [0, 0.05) is 24.5 Å². The SMILES string of the molecule is O=C(COc1cccc(C(NC(=O)OC2CN3CCC2CC3)c2ccccc2)c1)OCCCCCNCC(O)c1ccc(O)c2[nH]c(=O)ccc12. The van der Waals surface area contributed by atoms with Gasteiger partial charge in [0.2, 0.25) is 5.56 Å². The highest BCUT2D eigenvalue weighted by molar-refractivity contribution is 5.87. The van der Waals surface area contributed by atoms with E-state index < -0.39 is 24.2 Å². The molecule has 3 aromatic carbocycles. The minimum atomic E-state index is -0.822. The second-order valence-electron chi connectivity index (χ2n) is 13.2. The van der Waals surface area contributed by atoms with Crippen LogP contribution in [0.1, 0.15) is 60.9 Å². The predicted octanol–water partition coefficient (Wildman–Crippen LogP) is 4.56. The summed E-state index contributed by atoms with van der Waals surface area (Å²) >= 11 is 0. The van der Waals surface area contributed by atoms with E-state index >= 15 is 0 Å². The summed E-state index contributed by atoms with van der Waals surface area (Å²) in [4.78, 5) is 42.1. The lowest BCUT2D eigenvalue weighted by Crippen LogP contribution is -2.52. The first kappa shape index (κ1) is 35.9. The number of alkyl carbamates (subject to hydrolysis) is 1. The van der Waals surface area contributed by atoms with Crippen molar-refractivity contribution in [2.45, 2.75) is 50.4 Å². The number of aromatic amines is 1. The summed E-state index contributed by atoms with van der Waals surface area (Å²) < 4.78 is 17.1. The molecule has 270 valence electrons. The largest absolute Gasteiger partial charge is 0.506 e. The molecule has 1 amide bonds. The molecule has 1 aromatic heterocycles. The molecule has 2 bridgehead atoms. The molecule has 51 heavy (non-hydrogen) atoms. The highest BCUT2D eigenvalue weighted by Gasteiger charge is 2.37. The molecule has 4 aromatic rings. The van der Waals surface area contributed by atoms with Crippen LogP contribution in [0.15, 0.2) is 83.7 Å². The number of aromatic hydroxyl groups is 1. The fourth-order valence-corrected chi connectivity index (χ4v) is 6.92. The Labute approximate surface area is 296 Å². The molecule has 4 heterocycles. The van der Waals surface area contributed by atoms with E-state index in [1.807, 2.05) is 48.5 Å². The van der Waals surface area contributed by atoms with Gasteiger partial charge in [-0.2, -0.15) is 0 Å². The van der Waals surface area contributed by atoms with E-state index in [0.717, 1.165) is 56.4 Å². The molecule has 3 aliphatic rings. The van der Waals surface area contributed by atoms with Gasteiger partial charge >= 0.3 is 12.1 Å². The summed E-state index contributed by atoms with van der Waals surface area (Å²) in [5.41, 5.74) is 2.28. The van der Waals surface area contributed by atoms with Crippen molar-refractivity contribution >= 4 is 23.0 Å². The van der Waals surface area contributed by atoms with Crippen molar-refractivity contribution in [3.05, 3.63) is 106 Å². The lowest BCUT2D eigenvalue weighted by molar-refractivity contribution is -0.146. The number of unbranched alkanes of at least 4 members (excludes halogenated alkanes) is 2. The maximum absolute atomic E-state index is 13.1. The summed E-state index contributed by atoms with van der Waals surface area (Å²) in [5, 5.41) is 27.6. The van der Waals surface area contributed by atoms with Crippen LogP contribution in [0.3, 0.4) is 0 Å². The van der Waals surface area contributed by atoms with E-state index in [1.165, 1.54) is 12.1 Å². The number of nitrogens with one attached hydrogen (secondary N) is 3. The third-order valence-electron chi connectivity index (χ3n) is 9.66. The number of phenolic OH excluding ortho intramolecular Hbond substituents is 1. The van der Waals surface area contributed by atoms with E-state index in [9.17, 15) is 24.6 Å². The molecule has 3 saturated heterocycles. The van der Waals surface area contributed by atoms with Gasteiger partial charge in [-0.3, -0.25) is 9.69 Å². The smallest absolute Gasteiger partial charge is 0.408 e. The average Bonchev–Trinajstić information content (AvgIpc) is 3.15. The van der Waals surface area contributed by atoms with E-state index in [4.69, 9.17) is 14.2 Å². The topological polar surface area (TPSA) is 162 Å². The molecule has 0 aliphatic carbocycles. The number of nitrogens with zero attached hydrogens (tertiary/aromatic N) is 1. The van der Waals surface area contributed by atoms with Gasteiger partial charge in [0.15, 0.2) is 6.61 Å². The Hall–Kier alpha value is -4.91. The molecule has 0 spiro atoms. The van der Waals surface area contributed by atoms with Gasteiger partial charge in [-0.1, -0.05) is 48.5 Å². The number of fused-ring (bicyclic) bond motifs is 4. The molecular formula is C39H46N4O8. The number of carbonyl (C=O) groups is 2. The van der Waals surface area contributed by atoms with Crippen LogP contribution in [-0.2, 0) is 14.3 Å². The van der Waals surface area contributed by atoms with Crippen LogP contribution < -0.4 is 20.9 Å². The van der Waals surface area contributed by atoms with Gasteiger partial charge in [0.25, 0.3) is 0 Å². The van der Waals surface area contributed by atoms with Crippen LogP contribution in [0.2, 0.25) is 0 Å². The zero-order valence-electron chi connectivity index (χ0n) is 28.6. The molecule has 3 fully saturated rings. The van der Waals surface area contributed by atoms with Crippen molar-refractivity contribution in [3.8, 4) is 11.5 Å². The van der Waals surface area contributed by atoms with Crippen LogP contribution in [0.4, 0.5) is 4.79 Å². The fourth-order valence-electron chi connectivity index (χ4n) is 6.92. The third-order valence-corrected chi connectivity index (χ3v) is 9.66. The van der Waals surface area contributed by atoms with Gasteiger partial charge in [0.05, 0.1) is 24.3 Å². The number of rotatable bonds is 16. The lowest BCUT2D eigenvalue weighted by Gasteiger charge is -2.43. The minimum Gasteiger partial charge on any atom is -0.506 e. The van der Waals surface area contributed by atoms with E-state index in [1.54, 1.807) is 18.2 Å². The molecule has 0 radical (unpaired) electrons. The number of piperidine rings is 3. The lowest BCUT2D eigenvalue weighted by atomic mass is 9.86. The molecule has 3 atom stereocenters. The van der Waals surface area contributed by atoms with Gasteiger partial charge in [-0.15, -0.1) is 0 Å². The number of aromatic nitrogens is 1. The first-order valence-corrected chi connectivity index (χ1v) is 17.7. The van der Waals surface area contributed by atoms with E-state index in [2.05, 4.69) is 20.5 Å². The Kier molecular flexibility index (Phi) is 12.2. The summed E-state index contributed by atoms with van der Waals surface area (Å²) in [6.07, 6.45) is 3.06. The molecule has 12 nitrogen and oxygen atoms in total. The summed E-state index contributed by atoms with van der Waals surface area (Å²) in [6.45, 7) is 3.91. The first-order chi connectivity index (χ1) is 24.8. The number of aliphatic hydroxyl groups is 1. The molecule has 3 aliphatic heterocycles. The maximum Gasteiger partial charge on any atom is 0.408 e. The Morgan fingerprint density at radius 1 is 0.941 bits per heavy atom. The number of ether oxygens (including phenoxy) is 3. The molecule has 0 saturated carbocycles. The maximum atomic E-state index is 13.1. The van der Waals surface area contributed by atoms with Gasteiger partial charge < -0.3 is 40.0 Å². The van der Waals surface area contributed by atoms with Crippen molar-refractivity contribution in [2.24, 2.45) is 5.92 Å². The van der Waals surface area contributed by atoms with E-state index in [-0.39, 0.29) is 30.6 Å².